The van der Waals surface area contributed by atoms with Crippen molar-refractivity contribution >= 4 is 16.7 Å². The van der Waals surface area contributed by atoms with Crippen LogP contribution >= 0.6 is 0 Å². The van der Waals surface area contributed by atoms with Crippen LogP contribution in [0.15, 0.2) is 87.1 Å². The first-order valence-electron chi connectivity index (χ1n) is 10.4. The number of hydrogen-bond acceptors (Lipinski definition) is 4. The van der Waals surface area contributed by atoms with Crippen molar-refractivity contribution < 1.29 is 26.4 Å². The lowest BCUT2D eigenvalue weighted by molar-refractivity contribution is 0.508. The Hall–Kier alpha value is -4.20. The van der Waals surface area contributed by atoms with Gasteiger partial charge in [0.25, 0.3) is 0 Å². The van der Waals surface area contributed by atoms with Crippen molar-refractivity contribution in [3.63, 3.8) is 0 Å². The molecule has 6 rings (SSSR count). The summed E-state index contributed by atoms with van der Waals surface area (Å²) in [5.74, 6) is -1.62. The third-order valence-electron chi connectivity index (χ3n) is 5.36. The van der Waals surface area contributed by atoms with Crippen LogP contribution in [-0.2, 0) is 6.42 Å². The van der Waals surface area contributed by atoms with E-state index in [1.165, 1.54) is 36.7 Å². The summed E-state index contributed by atoms with van der Waals surface area (Å²) < 4.78 is 63.5. The maximum atomic E-state index is 13.7. The highest BCUT2D eigenvalue weighted by atomic mass is 19.1. The highest BCUT2D eigenvalue weighted by Crippen LogP contribution is 2.29. The molecule has 0 saturated heterocycles. The van der Waals surface area contributed by atoms with Gasteiger partial charge in [-0.25, -0.2) is 17.6 Å². The van der Waals surface area contributed by atoms with E-state index in [2.05, 4.69) is 9.98 Å². The first-order valence-corrected chi connectivity index (χ1v) is 10.4. The predicted octanol–water partition coefficient (Wildman–Crippen LogP) is 6.72. The minimum Gasteiger partial charge on any atom is -0.469 e. The van der Waals surface area contributed by atoms with Crippen molar-refractivity contribution in [2.75, 3.05) is 6.54 Å². The second-order valence-electron chi connectivity index (χ2n) is 7.48. The zero-order chi connectivity index (χ0) is 23.7. The van der Waals surface area contributed by atoms with E-state index < -0.39 is 23.3 Å². The molecule has 0 saturated carbocycles. The van der Waals surface area contributed by atoms with Crippen LogP contribution in [0.25, 0.3) is 22.2 Å². The zero-order valence-corrected chi connectivity index (χ0v) is 17.6. The number of aliphatic imine (C=N–C) groups is 1. The molecule has 8 heteroatoms. The Morgan fingerprint density at radius 1 is 0.706 bits per heavy atom. The third kappa shape index (κ3) is 4.10. The molecule has 0 aliphatic carbocycles. The molecule has 2 aromatic carbocycles. The Bertz CT molecular complexity index is 1520. The van der Waals surface area contributed by atoms with E-state index >= 15 is 0 Å². The molecule has 0 bridgehead atoms. The van der Waals surface area contributed by atoms with Gasteiger partial charge in [0.2, 0.25) is 0 Å². The van der Waals surface area contributed by atoms with Gasteiger partial charge in [-0.1, -0.05) is 0 Å². The molecular formula is C26H16F4N2O2. The monoisotopic (exact) mass is 464 g/mol. The molecule has 0 amide bonds. The Morgan fingerprint density at radius 3 is 2.15 bits per heavy atom. The van der Waals surface area contributed by atoms with Crippen LogP contribution in [0, 0.1) is 23.3 Å². The van der Waals surface area contributed by atoms with Crippen LogP contribution in [0.4, 0.5) is 17.6 Å². The molecule has 0 spiro atoms. The maximum absolute atomic E-state index is 13.7. The van der Waals surface area contributed by atoms with Crippen molar-refractivity contribution in [2.24, 2.45) is 4.99 Å². The van der Waals surface area contributed by atoms with Gasteiger partial charge in [0, 0.05) is 53.4 Å². The van der Waals surface area contributed by atoms with Gasteiger partial charge < -0.3 is 8.83 Å². The molecule has 4 heterocycles. The highest BCUT2D eigenvalue weighted by molar-refractivity contribution is 6.14. The lowest BCUT2D eigenvalue weighted by atomic mass is 9.99. The SMILES string of the molecule is Fc1ccc(-c2nccc3occc23)c(F)c1.Fc1ccc(C2=NCCc3occc32)c(F)c1. The molecule has 0 radical (unpaired) electrons. The van der Waals surface area contributed by atoms with E-state index in [4.69, 9.17) is 8.83 Å². The van der Waals surface area contributed by atoms with Crippen LogP contribution in [-0.4, -0.2) is 17.2 Å². The first-order chi connectivity index (χ1) is 16.5. The number of halogens is 4. The van der Waals surface area contributed by atoms with Crippen molar-refractivity contribution in [3.05, 3.63) is 113 Å². The van der Waals surface area contributed by atoms with Gasteiger partial charge in [-0.15, -0.1) is 0 Å². The summed E-state index contributed by atoms with van der Waals surface area (Å²) in [6, 6.07) is 12.1. The average molecular weight is 464 g/mol. The van der Waals surface area contributed by atoms with E-state index in [1.807, 2.05) is 0 Å². The van der Waals surface area contributed by atoms with Crippen molar-refractivity contribution in [1.29, 1.82) is 0 Å². The number of rotatable bonds is 2. The van der Waals surface area contributed by atoms with Gasteiger partial charge in [0.15, 0.2) is 0 Å². The minimum absolute atomic E-state index is 0.262. The lowest BCUT2D eigenvalue weighted by Crippen LogP contribution is -2.13. The minimum atomic E-state index is -0.633. The number of benzene rings is 2. The smallest absolute Gasteiger partial charge is 0.137 e. The number of pyridine rings is 1. The van der Waals surface area contributed by atoms with E-state index in [0.717, 1.165) is 23.5 Å². The normalized spacial score (nSPS) is 12.6. The van der Waals surface area contributed by atoms with Crippen LogP contribution in [0.5, 0.6) is 0 Å². The molecule has 5 aromatic rings. The molecule has 0 unspecified atom stereocenters. The van der Waals surface area contributed by atoms with Gasteiger partial charge in [0.05, 0.1) is 23.9 Å². The molecule has 3 aromatic heterocycles. The van der Waals surface area contributed by atoms with Crippen LogP contribution in [0.3, 0.4) is 0 Å². The topological polar surface area (TPSA) is 51.5 Å². The summed E-state index contributed by atoms with van der Waals surface area (Å²) in [5.41, 5.74) is 2.99. The second kappa shape index (κ2) is 8.97. The van der Waals surface area contributed by atoms with Gasteiger partial charge in [0.1, 0.15) is 34.6 Å². The van der Waals surface area contributed by atoms with Crippen LogP contribution < -0.4 is 0 Å². The summed E-state index contributed by atoms with van der Waals surface area (Å²) in [5, 5.41) is 0.706. The third-order valence-corrected chi connectivity index (χ3v) is 5.36. The van der Waals surface area contributed by atoms with E-state index in [0.29, 0.717) is 40.9 Å². The number of fused-ring (bicyclic) bond motifs is 2. The fourth-order valence-corrected chi connectivity index (χ4v) is 3.80. The summed E-state index contributed by atoms with van der Waals surface area (Å²) in [7, 11) is 0. The molecule has 0 fully saturated rings. The molecule has 34 heavy (non-hydrogen) atoms. The Balaban J connectivity index is 0.000000142. The Kier molecular flexibility index (Phi) is 5.71. The van der Waals surface area contributed by atoms with E-state index in [9.17, 15) is 17.6 Å². The molecule has 4 nitrogen and oxygen atoms in total. The second-order valence-corrected chi connectivity index (χ2v) is 7.48. The zero-order valence-electron chi connectivity index (χ0n) is 17.6. The standard InChI is InChI=1S/C13H9F2NO.C13H7F2NO/c2*14-8-1-2-9(11(15)7-8)13-10-4-6-17-12(10)3-5-16-13/h1-2,4,6-7H,3,5H2;1-7H. The molecule has 1 aliphatic rings. The summed E-state index contributed by atoms with van der Waals surface area (Å²) >= 11 is 0. The van der Waals surface area contributed by atoms with E-state index in [-0.39, 0.29) is 5.56 Å². The molecule has 1 aliphatic heterocycles. The van der Waals surface area contributed by atoms with Gasteiger partial charge in [-0.2, -0.15) is 0 Å². The summed E-state index contributed by atoms with van der Waals surface area (Å²) in [4.78, 5) is 8.42. The quantitative estimate of drug-likeness (QED) is 0.273. The summed E-state index contributed by atoms with van der Waals surface area (Å²) in [6.45, 7) is 0.562. The van der Waals surface area contributed by atoms with Gasteiger partial charge >= 0.3 is 0 Å². The van der Waals surface area contributed by atoms with Crippen molar-refractivity contribution in [2.45, 2.75) is 6.42 Å². The molecule has 0 N–H and O–H groups in total. The fraction of sp³-hybridized carbons (Fsp3) is 0.0769. The van der Waals surface area contributed by atoms with E-state index in [1.54, 1.807) is 24.5 Å². The van der Waals surface area contributed by atoms with Crippen molar-refractivity contribution in [3.8, 4) is 11.3 Å². The lowest BCUT2D eigenvalue weighted by Gasteiger charge is -2.12. The molecular weight excluding hydrogens is 448 g/mol. The largest absolute Gasteiger partial charge is 0.469 e. The average Bonchev–Trinajstić information content (AvgIpc) is 3.49. The van der Waals surface area contributed by atoms with Gasteiger partial charge in [-0.05, 0) is 42.5 Å². The van der Waals surface area contributed by atoms with Crippen molar-refractivity contribution in [1.82, 2.24) is 4.98 Å². The van der Waals surface area contributed by atoms with Gasteiger partial charge in [-0.3, -0.25) is 9.98 Å². The predicted molar refractivity (Wildman–Crippen MR) is 119 cm³/mol. The molecule has 170 valence electrons. The maximum Gasteiger partial charge on any atom is 0.137 e. The number of furan rings is 2. The Morgan fingerprint density at radius 2 is 1.41 bits per heavy atom. The summed E-state index contributed by atoms with van der Waals surface area (Å²) in [6.07, 6.45) is 5.32. The number of aromatic nitrogens is 1. The first kappa shape index (κ1) is 21.6. The Labute approximate surface area is 191 Å². The fourth-order valence-electron chi connectivity index (χ4n) is 3.80. The highest BCUT2D eigenvalue weighted by Gasteiger charge is 2.21. The number of nitrogens with zero attached hydrogens (tertiary/aromatic N) is 2. The van der Waals surface area contributed by atoms with Crippen LogP contribution in [0.1, 0.15) is 16.9 Å². The van der Waals surface area contributed by atoms with Crippen LogP contribution in [0.2, 0.25) is 0 Å². The molecule has 0 atom stereocenters. The number of hydrogen-bond donors (Lipinski definition) is 0.